The van der Waals surface area contributed by atoms with Gasteiger partial charge < -0.3 is 33.8 Å². The summed E-state index contributed by atoms with van der Waals surface area (Å²) in [7, 11) is -9.90. The van der Waals surface area contributed by atoms with Gasteiger partial charge in [0.1, 0.15) is 19.3 Å². The van der Waals surface area contributed by atoms with Crippen LogP contribution in [0.25, 0.3) is 0 Å². The van der Waals surface area contributed by atoms with E-state index < -0.39 is 97.5 Å². The molecule has 0 aliphatic carbocycles. The Labute approximate surface area is 543 Å². The van der Waals surface area contributed by atoms with Crippen LogP contribution in [0.3, 0.4) is 0 Å². The minimum atomic E-state index is -4.95. The Morgan fingerprint density at radius 2 is 0.573 bits per heavy atom. The van der Waals surface area contributed by atoms with Crippen LogP contribution in [-0.2, 0) is 65.4 Å². The van der Waals surface area contributed by atoms with Gasteiger partial charge in [-0.05, 0) is 43.4 Å². The number of ether oxygens (including phenoxy) is 4. The van der Waals surface area contributed by atoms with Crippen LogP contribution in [-0.4, -0.2) is 96.7 Å². The molecule has 17 nitrogen and oxygen atoms in total. The topological polar surface area (TPSA) is 237 Å². The van der Waals surface area contributed by atoms with E-state index in [1.54, 1.807) is 0 Å². The molecule has 0 aromatic heterocycles. The standard InChI is InChI=1S/C70H136O17P2/c1-8-11-12-13-14-29-37-44-51-67(72)80-58-66(87-70(75)54-47-40-33-32-36-43-50-63(7)10-3)60-85-89(78,79)83-56-64(71)55-82-88(76,77)84-59-65(57-81-68(73)52-45-38-30-25-22-21-23-27-34-41-48-61(4)5)86-69(74)53-46-39-31-26-20-18-16-15-17-19-24-28-35-42-49-62(6)9-2/h61-66,71H,8-60H2,1-7H3,(H,76,77)(H,78,79)/t62?,63?,64-,65-,66-/m1/s1. The maximum atomic E-state index is 13.0. The summed E-state index contributed by atoms with van der Waals surface area (Å²) in [6.45, 7) is 11.8. The summed E-state index contributed by atoms with van der Waals surface area (Å²) in [4.78, 5) is 72.4. The number of hydrogen-bond donors (Lipinski definition) is 3. The molecule has 0 spiro atoms. The van der Waals surface area contributed by atoms with E-state index in [1.807, 2.05) is 0 Å². The van der Waals surface area contributed by atoms with Gasteiger partial charge in [-0.3, -0.25) is 37.3 Å². The van der Waals surface area contributed by atoms with Crippen LogP contribution < -0.4 is 0 Å². The molecule has 0 fully saturated rings. The second-order valence-corrected chi connectivity index (χ2v) is 29.1. The first kappa shape index (κ1) is 87.1. The molecule has 0 amide bonds. The van der Waals surface area contributed by atoms with Gasteiger partial charge in [0.2, 0.25) is 0 Å². The van der Waals surface area contributed by atoms with E-state index >= 15 is 0 Å². The van der Waals surface area contributed by atoms with Crippen LogP contribution in [0, 0.1) is 17.8 Å². The molecule has 3 N–H and O–H groups in total. The zero-order valence-corrected chi connectivity index (χ0v) is 59.7. The van der Waals surface area contributed by atoms with Crippen molar-refractivity contribution in [3.8, 4) is 0 Å². The van der Waals surface area contributed by atoms with Crippen molar-refractivity contribution in [2.24, 2.45) is 17.8 Å². The lowest BCUT2D eigenvalue weighted by Gasteiger charge is -2.21. The number of carbonyl (C=O) groups is 4. The van der Waals surface area contributed by atoms with Crippen LogP contribution in [0.5, 0.6) is 0 Å². The largest absolute Gasteiger partial charge is 0.472 e. The number of esters is 4. The van der Waals surface area contributed by atoms with Crippen LogP contribution in [0.4, 0.5) is 0 Å². The molecule has 0 saturated carbocycles. The first-order valence-corrected chi connectivity index (χ1v) is 39.4. The third kappa shape index (κ3) is 62.0. The molecule has 0 heterocycles. The molecular weight excluding hydrogens is 1170 g/mol. The quantitative estimate of drug-likeness (QED) is 0.0222. The van der Waals surface area contributed by atoms with Crippen LogP contribution >= 0.6 is 15.6 Å². The first-order chi connectivity index (χ1) is 42.8. The maximum absolute atomic E-state index is 13.0. The zero-order valence-electron chi connectivity index (χ0n) is 57.9. The third-order valence-corrected chi connectivity index (χ3v) is 18.8. The van der Waals surface area contributed by atoms with Crippen molar-refractivity contribution in [3.63, 3.8) is 0 Å². The predicted molar refractivity (Wildman–Crippen MR) is 358 cm³/mol. The summed E-state index contributed by atoms with van der Waals surface area (Å²) in [6, 6.07) is 0. The van der Waals surface area contributed by atoms with Gasteiger partial charge in [-0.1, -0.05) is 299 Å². The van der Waals surface area contributed by atoms with E-state index in [-0.39, 0.29) is 25.7 Å². The lowest BCUT2D eigenvalue weighted by atomic mass is 9.99. The van der Waals surface area contributed by atoms with Gasteiger partial charge in [0.05, 0.1) is 26.4 Å². The maximum Gasteiger partial charge on any atom is 0.472 e. The molecule has 0 rings (SSSR count). The molecule has 0 saturated heterocycles. The van der Waals surface area contributed by atoms with Gasteiger partial charge in [-0.2, -0.15) is 0 Å². The summed E-state index contributed by atoms with van der Waals surface area (Å²) in [5, 5.41) is 10.6. The number of aliphatic hydroxyl groups excluding tert-OH is 1. The van der Waals surface area contributed by atoms with Gasteiger partial charge in [0.15, 0.2) is 12.2 Å². The third-order valence-electron chi connectivity index (χ3n) is 16.9. The van der Waals surface area contributed by atoms with E-state index in [2.05, 4.69) is 48.5 Å². The van der Waals surface area contributed by atoms with Gasteiger partial charge in [-0.25, -0.2) is 9.13 Å². The number of carbonyl (C=O) groups excluding carboxylic acids is 4. The van der Waals surface area contributed by atoms with Gasteiger partial charge >= 0.3 is 39.5 Å². The Hall–Kier alpha value is -1.94. The highest BCUT2D eigenvalue weighted by molar-refractivity contribution is 7.47. The van der Waals surface area contributed by atoms with Crippen LogP contribution in [0.1, 0.15) is 350 Å². The number of unbranched alkanes of at least 4 members (excludes halogenated alkanes) is 34. The van der Waals surface area contributed by atoms with Crippen molar-refractivity contribution >= 4 is 39.5 Å². The second-order valence-electron chi connectivity index (χ2n) is 26.2. The fourth-order valence-electron chi connectivity index (χ4n) is 10.5. The van der Waals surface area contributed by atoms with Crippen LogP contribution in [0.15, 0.2) is 0 Å². The molecule has 4 unspecified atom stereocenters. The second kappa shape index (κ2) is 61.0. The summed E-state index contributed by atoms with van der Waals surface area (Å²) < 4.78 is 68.2. The summed E-state index contributed by atoms with van der Waals surface area (Å²) in [6.07, 6.45) is 44.5. The van der Waals surface area contributed by atoms with E-state index in [9.17, 15) is 43.2 Å². The number of hydrogen-bond acceptors (Lipinski definition) is 15. The highest BCUT2D eigenvalue weighted by atomic mass is 31.2. The monoisotopic (exact) mass is 1310 g/mol. The van der Waals surface area contributed by atoms with E-state index in [1.165, 1.54) is 154 Å². The molecule has 0 radical (unpaired) electrons. The summed E-state index contributed by atoms with van der Waals surface area (Å²) >= 11 is 0. The van der Waals surface area contributed by atoms with E-state index in [0.717, 1.165) is 114 Å². The van der Waals surface area contributed by atoms with Gasteiger partial charge in [-0.15, -0.1) is 0 Å². The lowest BCUT2D eigenvalue weighted by molar-refractivity contribution is -0.161. The molecule has 0 bridgehead atoms. The predicted octanol–water partition coefficient (Wildman–Crippen LogP) is 19.8. The molecule has 0 aliphatic rings. The average molecular weight is 1310 g/mol. The number of aliphatic hydroxyl groups is 1. The number of rotatable bonds is 68. The molecular formula is C70H136O17P2. The van der Waals surface area contributed by atoms with Crippen molar-refractivity contribution in [1.29, 1.82) is 0 Å². The lowest BCUT2D eigenvalue weighted by Crippen LogP contribution is -2.30. The van der Waals surface area contributed by atoms with E-state index in [4.69, 9.17) is 37.0 Å². The number of phosphoric ester groups is 2. The minimum Gasteiger partial charge on any atom is -0.462 e. The van der Waals surface area contributed by atoms with Gasteiger partial charge in [0.25, 0.3) is 0 Å². The Bertz CT molecular complexity index is 1750. The first-order valence-electron chi connectivity index (χ1n) is 36.4. The highest BCUT2D eigenvalue weighted by Gasteiger charge is 2.30. The van der Waals surface area contributed by atoms with Crippen molar-refractivity contribution in [1.82, 2.24) is 0 Å². The molecule has 19 heteroatoms. The Balaban J connectivity index is 5.22. The Morgan fingerprint density at radius 3 is 0.854 bits per heavy atom. The smallest absolute Gasteiger partial charge is 0.462 e. The molecule has 0 aliphatic heterocycles. The van der Waals surface area contributed by atoms with Crippen molar-refractivity contribution < 1.29 is 80.2 Å². The Morgan fingerprint density at radius 1 is 0.326 bits per heavy atom. The summed E-state index contributed by atoms with van der Waals surface area (Å²) in [5.41, 5.74) is 0. The number of phosphoric acid groups is 2. The molecule has 0 aromatic rings. The van der Waals surface area contributed by atoms with Crippen molar-refractivity contribution in [2.45, 2.75) is 369 Å². The SMILES string of the molecule is CCCCCCCCCCC(=O)OC[C@H](COP(=O)(O)OC[C@H](O)COP(=O)(O)OC[C@@H](COC(=O)CCCCCCCCCCCCC(C)C)OC(=O)CCCCCCCCCCCCCCCCC(C)CC)OC(=O)CCCCCCCCC(C)CC. The highest BCUT2D eigenvalue weighted by Crippen LogP contribution is 2.45. The molecule has 528 valence electrons. The minimum absolute atomic E-state index is 0.103. The normalized spacial score (nSPS) is 14.8. The molecule has 89 heavy (non-hydrogen) atoms. The fourth-order valence-corrected chi connectivity index (χ4v) is 12.1. The summed E-state index contributed by atoms with van der Waals surface area (Å²) in [5.74, 6) is 0.193. The Kier molecular flexibility index (Phi) is 59.6. The average Bonchev–Trinajstić information content (AvgIpc) is 3.69. The fraction of sp³-hybridized carbons (Fsp3) is 0.943. The van der Waals surface area contributed by atoms with Crippen molar-refractivity contribution in [3.05, 3.63) is 0 Å². The van der Waals surface area contributed by atoms with Gasteiger partial charge in [0, 0.05) is 25.7 Å². The molecule has 7 atom stereocenters. The van der Waals surface area contributed by atoms with Crippen molar-refractivity contribution in [2.75, 3.05) is 39.6 Å². The molecule has 0 aromatic carbocycles. The van der Waals surface area contributed by atoms with E-state index in [0.29, 0.717) is 25.7 Å². The zero-order chi connectivity index (χ0) is 65.9. The van der Waals surface area contributed by atoms with Crippen LogP contribution in [0.2, 0.25) is 0 Å².